The molecule has 2 atom stereocenters. The summed E-state index contributed by atoms with van der Waals surface area (Å²) in [6.45, 7) is 4.28. The number of benzene rings is 2. The van der Waals surface area contributed by atoms with Crippen molar-refractivity contribution in [2.75, 3.05) is 0 Å². The van der Waals surface area contributed by atoms with Gasteiger partial charge in [-0.25, -0.2) is 0 Å². The van der Waals surface area contributed by atoms with Gasteiger partial charge in [-0.05, 0) is 25.0 Å². The average molecular weight is 255 g/mol. The van der Waals surface area contributed by atoms with Crippen LogP contribution >= 0.6 is 0 Å². The molecule has 0 radical (unpaired) electrons. The highest BCUT2D eigenvalue weighted by atomic mass is 16.3. The first kappa shape index (κ1) is 13.6. The molecule has 0 spiro atoms. The molecule has 1 unspecified atom stereocenters. The molecule has 0 saturated carbocycles. The fraction of sp³-hybridized carbons (Fsp3) is 0.294. The van der Waals surface area contributed by atoms with Gasteiger partial charge in [-0.15, -0.1) is 0 Å². The normalized spacial score (nSPS) is 14.0. The van der Waals surface area contributed by atoms with Crippen molar-refractivity contribution >= 4 is 0 Å². The lowest BCUT2D eigenvalue weighted by Crippen LogP contribution is -2.24. The van der Waals surface area contributed by atoms with Crippen molar-refractivity contribution in [2.45, 2.75) is 32.4 Å². The van der Waals surface area contributed by atoms with Crippen LogP contribution < -0.4 is 5.32 Å². The van der Waals surface area contributed by atoms with Crippen molar-refractivity contribution < 1.29 is 5.11 Å². The Kier molecular flexibility index (Phi) is 4.58. The molecule has 2 aromatic carbocycles. The maximum atomic E-state index is 9.96. The van der Waals surface area contributed by atoms with E-state index in [0.717, 1.165) is 12.0 Å². The van der Waals surface area contributed by atoms with Crippen LogP contribution in [0.3, 0.4) is 0 Å². The van der Waals surface area contributed by atoms with Gasteiger partial charge in [0, 0.05) is 17.6 Å². The number of hydrogen-bond acceptors (Lipinski definition) is 2. The van der Waals surface area contributed by atoms with Crippen molar-refractivity contribution in [1.29, 1.82) is 0 Å². The summed E-state index contributed by atoms with van der Waals surface area (Å²) in [4.78, 5) is 0. The van der Waals surface area contributed by atoms with Crippen molar-refractivity contribution in [3.05, 3.63) is 65.7 Å². The number of nitrogens with one attached hydrogen (secondary N) is 1. The Bertz CT molecular complexity index is 510. The van der Waals surface area contributed by atoms with Crippen molar-refractivity contribution in [3.8, 4) is 5.75 Å². The molecule has 0 aliphatic carbocycles. The Hall–Kier alpha value is -1.80. The molecule has 0 aliphatic heterocycles. The summed E-state index contributed by atoms with van der Waals surface area (Å²) in [7, 11) is 0. The molecule has 0 aliphatic rings. The molecule has 2 rings (SSSR count). The zero-order valence-corrected chi connectivity index (χ0v) is 11.5. The van der Waals surface area contributed by atoms with Crippen molar-refractivity contribution in [1.82, 2.24) is 5.32 Å². The molecule has 0 heterocycles. The standard InChI is InChI=1S/C17H21NO/c1-3-16(15-11-7-8-12-17(15)19)18-13(2)14-9-5-4-6-10-14/h4-13,16,18-19H,3H2,1-2H3/t13-,16?/m0/s1. The van der Waals surface area contributed by atoms with E-state index in [2.05, 4.69) is 43.4 Å². The van der Waals surface area contributed by atoms with Crippen LogP contribution in [0.4, 0.5) is 0 Å². The van der Waals surface area contributed by atoms with Gasteiger partial charge in [-0.2, -0.15) is 0 Å². The van der Waals surface area contributed by atoms with Gasteiger partial charge >= 0.3 is 0 Å². The second kappa shape index (κ2) is 6.39. The minimum absolute atomic E-state index is 0.163. The van der Waals surface area contributed by atoms with Gasteiger partial charge in [0.2, 0.25) is 0 Å². The van der Waals surface area contributed by atoms with Crippen molar-refractivity contribution in [2.24, 2.45) is 0 Å². The minimum Gasteiger partial charge on any atom is -0.508 e. The highest BCUT2D eigenvalue weighted by molar-refractivity contribution is 5.34. The second-order valence-electron chi connectivity index (χ2n) is 4.82. The molecule has 0 amide bonds. The molecule has 19 heavy (non-hydrogen) atoms. The van der Waals surface area contributed by atoms with E-state index in [1.807, 2.05) is 24.3 Å². The topological polar surface area (TPSA) is 32.3 Å². The van der Waals surface area contributed by atoms with E-state index in [0.29, 0.717) is 5.75 Å². The van der Waals surface area contributed by atoms with E-state index in [9.17, 15) is 5.11 Å². The van der Waals surface area contributed by atoms with E-state index in [-0.39, 0.29) is 12.1 Å². The Morgan fingerprint density at radius 2 is 1.63 bits per heavy atom. The SMILES string of the molecule is CCC(N[C@@H](C)c1ccccc1)c1ccccc1O. The van der Waals surface area contributed by atoms with E-state index >= 15 is 0 Å². The smallest absolute Gasteiger partial charge is 0.120 e. The maximum absolute atomic E-state index is 9.96. The van der Waals surface area contributed by atoms with Gasteiger partial charge in [-0.3, -0.25) is 0 Å². The number of rotatable bonds is 5. The van der Waals surface area contributed by atoms with Crippen LogP contribution in [-0.4, -0.2) is 5.11 Å². The largest absolute Gasteiger partial charge is 0.508 e. The summed E-state index contributed by atoms with van der Waals surface area (Å²) in [5.74, 6) is 0.363. The molecule has 100 valence electrons. The van der Waals surface area contributed by atoms with Gasteiger partial charge in [0.05, 0.1) is 0 Å². The summed E-state index contributed by atoms with van der Waals surface area (Å²) in [5, 5.41) is 13.5. The first-order valence-electron chi connectivity index (χ1n) is 6.81. The van der Waals surface area contributed by atoms with Crippen LogP contribution in [0.1, 0.15) is 43.5 Å². The first-order chi connectivity index (χ1) is 9.22. The lowest BCUT2D eigenvalue weighted by atomic mass is 10.0. The third-order valence-corrected chi connectivity index (χ3v) is 3.47. The molecule has 2 heteroatoms. The summed E-state index contributed by atoms with van der Waals surface area (Å²) < 4.78 is 0. The summed E-state index contributed by atoms with van der Waals surface area (Å²) in [5.41, 5.74) is 2.23. The number of phenols is 1. The lowest BCUT2D eigenvalue weighted by molar-refractivity contribution is 0.419. The highest BCUT2D eigenvalue weighted by Gasteiger charge is 2.16. The molecule has 2 aromatic rings. The van der Waals surface area contributed by atoms with Gasteiger partial charge in [0.25, 0.3) is 0 Å². The zero-order chi connectivity index (χ0) is 13.7. The van der Waals surface area contributed by atoms with Crippen LogP contribution in [0, 0.1) is 0 Å². The Morgan fingerprint density at radius 1 is 1.00 bits per heavy atom. The van der Waals surface area contributed by atoms with E-state index in [1.54, 1.807) is 6.07 Å². The molecule has 2 N–H and O–H groups in total. The first-order valence-corrected chi connectivity index (χ1v) is 6.81. The highest BCUT2D eigenvalue weighted by Crippen LogP contribution is 2.28. The average Bonchev–Trinajstić information content (AvgIpc) is 2.46. The van der Waals surface area contributed by atoms with Crippen LogP contribution in [0.15, 0.2) is 54.6 Å². The van der Waals surface area contributed by atoms with Gasteiger partial charge < -0.3 is 10.4 Å². The van der Waals surface area contributed by atoms with E-state index in [4.69, 9.17) is 0 Å². The van der Waals surface area contributed by atoms with Crippen LogP contribution in [0.5, 0.6) is 5.75 Å². The Balaban J connectivity index is 2.14. The molecular weight excluding hydrogens is 234 g/mol. The maximum Gasteiger partial charge on any atom is 0.120 e. The van der Waals surface area contributed by atoms with Gasteiger partial charge in [0.1, 0.15) is 5.75 Å². The summed E-state index contributed by atoms with van der Waals surface area (Å²) in [6.07, 6.45) is 0.939. The van der Waals surface area contributed by atoms with Crippen LogP contribution in [-0.2, 0) is 0 Å². The lowest BCUT2D eigenvalue weighted by Gasteiger charge is -2.23. The van der Waals surface area contributed by atoms with Crippen LogP contribution in [0.25, 0.3) is 0 Å². The number of para-hydroxylation sites is 1. The minimum atomic E-state index is 0.163. The molecular formula is C17H21NO. The van der Waals surface area contributed by atoms with Crippen molar-refractivity contribution in [3.63, 3.8) is 0 Å². The monoisotopic (exact) mass is 255 g/mol. The predicted molar refractivity (Wildman–Crippen MR) is 79.1 cm³/mol. The summed E-state index contributed by atoms with van der Waals surface area (Å²) >= 11 is 0. The fourth-order valence-electron chi connectivity index (χ4n) is 2.35. The molecule has 0 fully saturated rings. The Morgan fingerprint density at radius 3 is 2.26 bits per heavy atom. The van der Waals surface area contributed by atoms with Crippen LogP contribution in [0.2, 0.25) is 0 Å². The molecule has 0 aromatic heterocycles. The fourth-order valence-corrected chi connectivity index (χ4v) is 2.35. The zero-order valence-electron chi connectivity index (χ0n) is 11.5. The van der Waals surface area contributed by atoms with E-state index < -0.39 is 0 Å². The quantitative estimate of drug-likeness (QED) is 0.839. The number of aromatic hydroxyl groups is 1. The molecule has 2 nitrogen and oxygen atoms in total. The molecule has 0 saturated heterocycles. The van der Waals surface area contributed by atoms with Gasteiger partial charge in [0.15, 0.2) is 0 Å². The number of hydrogen-bond donors (Lipinski definition) is 2. The third-order valence-electron chi connectivity index (χ3n) is 3.47. The summed E-state index contributed by atoms with van der Waals surface area (Å²) in [6, 6.07) is 18.3. The second-order valence-corrected chi connectivity index (χ2v) is 4.82. The van der Waals surface area contributed by atoms with Gasteiger partial charge in [-0.1, -0.05) is 55.5 Å². The third kappa shape index (κ3) is 3.36. The number of phenolic OH excluding ortho intramolecular Hbond substituents is 1. The predicted octanol–water partition coefficient (Wildman–Crippen LogP) is 4.19. The Labute approximate surface area is 115 Å². The molecule has 0 bridgehead atoms. The van der Waals surface area contributed by atoms with E-state index in [1.165, 1.54) is 5.56 Å².